The van der Waals surface area contributed by atoms with Gasteiger partial charge in [0.15, 0.2) is 21.3 Å². The lowest BCUT2D eigenvalue weighted by Crippen LogP contribution is -2.44. The third-order valence-corrected chi connectivity index (χ3v) is 9.94. The second-order valence-corrected chi connectivity index (χ2v) is 16.7. The summed E-state index contributed by atoms with van der Waals surface area (Å²) in [5.41, 5.74) is -1.25. The molecule has 48 heavy (non-hydrogen) atoms. The van der Waals surface area contributed by atoms with Gasteiger partial charge >= 0.3 is 12.2 Å². The van der Waals surface area contributed by atoms with Crippen molar-refractivity contribution in [3.63, 3.8) is 0 Å². The van der Waals surface area contributed by atoms with E-state index in [9.17, 15) is 18.0 Å². The van der Waals surface area contributed by atoms with Crippen LogP contribution >= 0.6 is 11.6 Å². The average Bonchev–Trinajstić information content (AvgIpc) is 3.22. The van der Waals surface area contributed by atoms with Gasteiger partial charge in [-0.2, -0.15) is 10.00 Å². The fraction of sp³-hybridized carbons (Fsp3) is 0.485. The first-order valence-electron chi connectivity index (χ1n) is 15.5. The molecule has 2 unspecified atom stereocenters. The molecule has 3 aromatic rings. The Balaban J connectivity index is 1.54. The van der Waals surface area contributed by atoms with Crippen LogP contribution in [0.2, 0.25) is 0 Å². The van der Waals surface area contributed by atoms with Gasteiger partial charge in [-0.1, -0.05) is 0 Å². The molecule has 0 radical (unpaired) electrons. The summed E-state index contributed by atoms with van der Waals surface area (Å²) in [6.45, 7) is 13.0. The van der Waals surface area contributed by atoms with E-state index >= 15 is 4.39 Å². The van der Waals surface area contributed by atoms with E-state index in [1.54, 1.807) is 66.7 Å². The Labute approximate surface area is 284 Å². The number of amides is 2. The van der Waals surface area contributed by atoms with Crippen LogP contribution in [0.25, 0.3) is 11.6 Å². The number of rotatable bonds is 4. The predicted octanol–water partition coefficient (Wildman–Crippen LogP) is 7.28. The lowest BCUT2D eigenvalue weighted by Gasteiger charge is -2.35. The molecule has 2 amide bonds. The topological polar surface area (TPSA) is 146 Å². The number of ether oxygens (including phenoxy) is 2. The van der Waals surface area contributed by atoms with Gasteiger partial charge in [0.1, 0.15) is 22.9 Å². The Morgan fingerprint density at radius 2 is 1.71 bits per heavy atom. The molecular weight excluding hydrogens is 663 g/mol. The van der Waals surface area contributed by atoms with Crippen LogP contribution in [0.3, 0.4) is 0 Å². The molecule has 0 saturated carbocycles. The molecule has 0 spiro atoms. The summed E-state index contributed by atoms with van der Waals surface area (Å²) in [4.78, 5) is 36.2. The van der Waals surface area contributed by atoms with Gasteiger partial charge in [-0.25, -0.2) is 27.4 Å². The summed E-state index contributed by atoms with van der Waals surface area (Å²) in [6, 6.07) is 3.48. The molecule has 15 heteroatoms. The molecule has 3 aromatic heterocycles. The van der Waals surface area contributed by atoms with Crippen molar-refractivity contribution in [1.82, 2.24) is 19.7 Å². The van der Waals surface area contributed by atoms with Crippen molar-refractivity contribution < 1.29 is 31.9 Å². The molecule has 0 fully saturated rings. The van der Waals surface area contributed by atoms with E-state index in [1.165, 1.54) is 30.2 Å². The number of alkyl halides is 2. The minimum absolute atomic E-state index is 0.0586. The standard InChI is InChI=1S/C33H40ClFN6O6S/c1-19-22(15-36-17-25(19)41(29(42)46-31(2,3)4)30(43)47-32(5,6)7)24-12-20-13-26(37-16-23(20)28(34)33(24,8)35)38-27-14-21-10-9-11-48(44,45)18-40(21)39-27/h12-17,28H,9-11,18H2,1-8H3,(H,37,38,39). The number of pyridine rings is 2. The Morgan fingerprint density at radius 1 is 1.06 bits per heavy atom. The molecule has 0 aromatic carbocycles. The van der Waals surface area contributed by atoms with Gasteiger partial charge < -0.3 is 14.8 Å². The van der Waals surface area contributed by atoms with Gasteiger partial charge in [-0.3, -0.25) is 9.67 Å². The number of sulfone groups is 1. The summed E-state index contributed by atoms with van der Waals surface area (Å²) in [6.07, 6.45) is 5.03. The molecule has 2 atom stereocenters. The number of hydrogen-bond acceptors (Lipinski definition) is 10. The van der Waals surface area contributed by atoms with E-state index in [2.05, 4.69) is 20.4 Å². The monoisotopic (exact) mass is 702 g/mol. The van der Waals surface area contributed by atoms with Crippen LogP contribution in [0.15, 0.2) is 30.7 Å². The molecule has 0 saturated heterocycles. The van der Waals surface area contributed by atoms with Crippen molar-refractivity contribution in [3.05, 3.63) is 58.7 Å². The van der Waals surface area contributed by atoms with Crippen LogP contribution < -0.4 is 10.2 Å². The highest BCUT2D eigenvalue weighted by atomic mass is 35.5. The molecule has 1 N–H and O–H groups in total. The number of imide groups is 1. The van der Waals surface area contributed by atoms with Crippen molar-refractivity contribution >= 4 is 62.6 Å². The summed E-state index contributed by atoms with van der Waals surface area (Å²) in [5.74, 6) is 0.731. The van der Waals surface area contributed by atoms with Gasteiger partial charge in [0.25, 0.3) is 0 Å². The molecule has 0 bridgehead atoms. The fourth-order valence-corrected chi connectivity index (χ4v) is 7.14. The number of aromatic nitrogens is 4. The minimum Gasteiger partial charge on any atom is -0.443 e. The van der Waals surface area contributed by atoms with E-state index in [0.717, 1.165) is 10.6 Å². The number of hydrogen-bond donors (Lipinski definition) is 1. The van der Waals surface area contributed by atoms with Crippen molar-refractivity contribution in [2.24, 2.45) is 0 Å². The van der Waals surface area contributed by atoms with E-state index in [-0.39, 0.29) is 22.9 Å². The van der Waals surface area contributed by atoms with Crippen LogP contribution in [-0.4, -0.2) is 63.0 Å². The highest BCUT2D eigenvalue weighted by molar-refractivity contribution is 7.90. The second-order valence-electron chi connectivity index (χ2n) is 14.1. The quantitative estimate of drug-likeness (QED) is 0.275. The fourth-order valence-electron chi connectivity index (χ4n) is 5.54. The summed E-state index contributed by atoms with van der Waals surface area (Å²) < 4.78 is 53.8. The third kappa shape index (κ3) is 7.49. The van der Waals surface area contributed by atoms with Crippen LogP contribution in [0.1, 0.15) is 88.2 Å². The largest absolute Gasteiger partial charge is 0.443 e. The molecule has 12 nitrogen and oxygen atoms in total. The van der Waals surface area contributed by atoms with Crippen molar-refractivity contribution in [3.8, 4) is 0 Å². The summed E-state index contributed by atoms with van der Waals surface area (Å²) in [5, 5.41) is 6.39. The summed E-state index contributed by atoms with van der Waals surface area (Å²) >= 11 is 6.78. The van der Waals surface area contributed by atoms with E-state index in [4.69, 9.17) is 21.1 Å². The number of nitrogens with zero attached hydrogens (tertiary/aromatic N) is 5. The maximum atomic E-state index is 16.7. The number of carbonyl (C=O) groups is 2. The maximum absolute atomic E-state index is 16.7. The molecule has 2 aliphatic rings. The van der Waals surface area contributed by atoms with Gasteiger partial charge in [-0.15, -0.1) is 11.6 Å². The molecule has 258 valence electrons. The van der Waals surface area contributed by atoms with Gasteiger partial charge in [0.2, 0.25) is 0 Å². The van der Waals surface area contributed by atoms with Crippen molar-refractivity contribution in [2.45, 2.75) is 96.4 Å². The van der Waals surface area contributed by atoms with Crippen molar-refractivity contribution in [1.29, 1.82) is 0 Å². The van der Waals surface area contributed by atoms with E-state index in [1.807, 2.05) is 0 Å². The first kappa shape index (κ1) is 35.3. The third-order valence-electron chi connectivity index (χ3n) is 7.74. The molecule has 1 aliphatic carbocycles. The lowest BCUT2D eigenvalue weighted by atomic mass is 9.78. The zero-order valence-electron chi connectivity index (χ0n) is 28.2. The van der Waals surface area contributed by atoms with Crippen LogP contribution in [-0.2, 0) is 31.6 Å². The number of anilines is 3. The Hall–Kier alpha value is -4.04. The van der Waals surface area contributed by atoms with Crippen LogP contribution in [0.4, 0.5) is 31.3 Å². The average molecular weight is 703 g/mol. The predicted molar refractivity (Wildman–Crippen MR) is 182 cm³/mol. The lowest BCUT2D eigenvalue weighted by molar-refractivity contribution is 0.0430. The van der Waals surface area contributed by atoms with E-state index in [0.29, 0.717) is 46.7 Å². The Morgan fingerprint density at radius 3 is 2.33 bits per heavy atom. The first-order valence-corrected chi connectivity index (χ1v) is 17.7. The Kier molecular flexibility index (Phi) is 9.14. The van der Waals surface area contributed by atoms with Gasteiger partial charge in [0.05, 0.1) is 23.0 Å². The van der Waals surface area contributed by atoms with Gasteiger partial charge in [0, 0.05) is 35.3 Å². The van der Waals surface area contributed by atoms with Crippen LogP contribution in [0, 0.1) is 6.92 Å². The molecule has 5 rings (SSSR count). The number of fused-ring (bicyclic) bond motifs is 2. The SMILES string of the molecule is Cc1c(C2=Cc3cc(Nc4cc5n(n4)CS(=O)(=O)CCC5)ncc3C(Cl)C2(C)F)cncc1N(C(=O)OC(C)(C)C)C(=O)OC(C)(C)C. The molecule has 1 aliphatic heterocycles. The number of halogens is 2. The highest BCUT2D eigenvalue weighted by Crippen LogP contribution is 2.51. The highest BCUT2D eigenvalue weighted by Gasteiger charge is 2.44. The number of carbonyl (C=O) groups excluding carboxylic acids is 2. The molecular formula is C33H40ClFN6O6S. The number of aryl methyl sites for hydroxylation is 1. The Bertz CT molecular complexity index is 1880. The summed E-state index contributed by atoms with van der Waals surface area (Å²) in [7, 11) is -3.25. The number of allylic oxidation sites excluding steroid dienone is 1. The van der Waals surface area contributed by atoms with Crippen molar-refractivity contribution in [2.75, 3.05) is 16.0 Å². The van der Waals surface area contributed by atoms with Gasteiger partial charge in [-0.05, 0) is 97.1 Å². The zero-order valence-corrected chi connectivity index (χ0v) is 29.8. The second kappa shape index (κ2) is 12.4. The minimum atomic E-state index is -3.25. The van der Waals surface area contributed by atoms with Crippen LogP contribution in [0.5, 0.6) is 0 Å². The molecule has 4 heterocycles. The normalized spacial score (nSPS) is 20.5. The zero-order chi connectivity index (χ0) is 35.4. The first-order chi connectivity index (χ1) is 22.1. The van der Waals surface area contributed by atoms with E-state index < -0.39 is 44.3 Å². The maximum Gasteiger partial charge on any atom is 0.424 e. The smallest absolute Gasteiger partial charge is 0.424 e. The number of nitrogens with one attached hydrogen (secondary N) is 1.